The molecule has 2 heterocycles. The van der Waals surface area contributed by atoms with Crippen molar-refractivity contribution in [2.45, 2.75) is 13.8 Å². The Labute approximate surface area is 147 Å². The van der Waals surface area contributed by atoms with Gasteiger partial charge in [0, 0.05) is 11.6 Å². The van der Waals surface area contributed by atoms with Gasteiger partial charge in [-0.15, -0.1) is 0 Å². The molecule has 2 aliphatic heterocycles. The van der Waals surface area contributed by atoms with Crippen molar-refractivity contribution in [2.75, 3.05) is 13.1 Å². The van der Waals surface area contributed by atoms with Crippen LogP contribution in [0.1, 0.15) is 24.2 Å². The van der Waals surface area contributed by atoms with Gasteiger partial charge in [0.15, 0.2) is 22.6 Å². The van der Waals surface area contributed by atoms with E-state index in [2.05, 4.69) is 4.39 Å². The van der Waals surface area contributed by atoms with E-state index in [4.69, 9.17) is 0 Å². The minimum absolute atomic E-state index is 0.0227. The fourth-order valence-corrected chi connectivity index (χ4v) is 3.43. The Morgan fingerprint density at radius 1 is 1.20 bits per heavy atom. The summed E-state index contributed by atoms with van der Waals surface area (Å²) >= 11 is 0. The molecule has 8 heteroatoms. The second-order valence-electron chi connectivity index (χ2n) is 6.08. The third-order valence-electron chi connectivity index (χ3n) is 4.14. The quantitative estimate of drug-likeness (QED) is 0.496. The van der Waals surface area contributed by atoms with Gasteiger partial charge in [-0.1, -0.05) is 30.3 Å². The van der Waals surface area contributed by atoms with Gasteiger partial charge in [0.05, 0.1) is 4.74 Å². The number of hydrogen-bond acceptors (Lipinski definition) is 6. The molecule has 3 rings (SSSR count). The molecule has 0 amide bonds. The normalized spacial score (nSPS) is 20.7. The summed E-state index contributed by atoms with van der Waals surface area (Å²) in [6, 6.07) is 8.75. The summed E-state index contributed by atoms with van der Waals surface area (Å²) in [5, 5.41) is 0. The predicted molar refractivity (Wildman–Crippen MR) is 79.7 cm³/mol. The zero-order chi connectivity index (χ0) is 18.2. The largest absolute Gasteiger partial charge is 0.331 e. The summed E-state index contributed by atoms with van der Waals surface area (Å²) < 4.78 is 38.8. The topological polar surface area (TPSA) is 102 Å². The van der Waals surface area contributed by atoms with Crippen molar-refractivity contribution >= 4 is 11.6 Å². The van der Waals surface area contributed by atoms with Crippen LogP contribution in [0.5, 0.6) is 0 Å². The Hall–Kier alpha value is -2.19. The van der Waals surface area contributed by atoms with Crippen molar-refractivity contribution < 1.29 is 38.1 Å². The molecule has 0 spiro atoms. The number of Topliss-reactive ketones (excluding diaryl/α,β-unsaturated/α-hetero) is 1. The third kappa shape index (κ3) is 3.91. The highest BCUT2D eigenvalue weighted by Crippen LogP contribution is 2.24. The van der Waals surface area contributed by atoms with Crippen LogP contribution in [0.4, 0.5) is 0 Å². The molecule has 1 unspecified atom stereocenters. The third-order valence-corrected chi connectivity index (χ3v) is 4.47. The number of hydrogen-bond donors (Lipinski definition) is 0. The molecule has 2 aliphatic rings. The number of amidine groups is 1. The molecule has 132 valence electrons. The molecule has 0 fully saturated rings. The first kappa shape index (κ1) is 17.6. The highest BCUT2D eigenvalue weighted by Gasteiger charge is 2.44. The molecule has 1 atom stereocenters. The highest BCUT2D eigenvalue weighted by atomic mass is 35.7. The van der Waals surface area contributed by atoms with Gasteiger partial charge in [0.1, 0.15) is 22.5 Å². The minimum Gasteiger partial charge on any atom is -0.294 e. The van der Waals surface area contributed by atoms with Gasteiger partial charge >= 0.3 is 5.84 Å². The molecule has 0 N–H and O–H groups in total. The van der Waals surface area contributed by atoms with E-state index in [0.717, 1.165) is 16.0 Å². The van der Waals surface area contributed by atoms with E-state index >= 15 is 0 Å². The van der Waals surface area contributed by atoms with Crippen molar-refractivity contribution in [1.82, 2.24) is 4.90 Å². The van der Waals surface area contributed by atoms with Gasteiger partial charge in [-0.25, -0.2) is 4.90 Å². The lowest BCUT2D eigenvalue weighted by Crippen LogP contribution is -2.64. The smallest absolute Gasteiger partial charge is 0.294 e. The average Bonchev–Trinajstić information content (AvgIpc) is 2.54. The van der Waals surface area contributed by atoms with Crippen LogP contribution in [-0.4, -0.2) is 34.3 Å². The fraction of sp³-hybridized carbons (Fsp3) is 0.294. The van der Waals surface area contributed by atoms with E-state index in [0.29, 0.717) is 17.9 Å². The maximum absolute atomic E-state index is 12.8. The van der Waals surface area contributed by atoms with Crippen molar-refractivity contribution in [1.29, 1.82) is 0 Å². The molecule has 0 aliphatic carbocycles. The van der Waals surface area contributed by atoms with Crippen LogP contribution in [-0.2, 0) is 4.39 Å². The van der Waals surface area contributed by atoms with E-state index in [1.54, 1.807) is 35.2 Å². The first-order valence-electron chi connectivity index (χ1n) is 7.73. The Balaban J connectivity index is 1.97. The number of halogens is 1. The summed E-state index contributed by atoms with van der Waals surface area (Å²) in [5.41, 5.74) is 2.27. The maximum Gasteiger partial charge on any atom is 0.331 e. The summed E-state index contributed by atoms with van der Waals surface area (Å²) in [5.74, 6) is -0.243. The van der Waals surface area contributed by atoms with Crippen molar-refractivity contribution in [3.8, 4) is 0 Å². The van der Waals surface area contributed by atoms with E-state index in [-0.39, 0.29) is 12.3 Å². The zero-order valence-electron chi connectivity index (χ0n) is 13.8. The van der Waals surface area contributed by atoms with E-state index in [1.807, 2.05) is 26.0 Å². The Kier molecular flexibility index (Phi) is 4.66. The standard InChI is InChI=1S/C17H18ClN2O5/c1-12-8-13(2)19-10-15(17(21)14-6-4-3-5-7-14)11-20(16(19)9-12)25-18(22,23)24/h3-9,15H,10-11H2,1-2H3/q+1. The van der Waals surface area contributed by atoms with Crippen LogP contribution < -0.4 is 14.0 Å². The minimum atomic E-state index is -4.66. The number of carbonyl (C=O) groups excluding carboxylic acids is 1. The van der Waals surface area contributed by atoms with Crippen molar-refractivity contribution in [3.63, 3.8) is 0 Å². The number of fused-ring (bicyclic) bond motifs is 1. The van der Waals surface area contributed by atoms with Gasteiger partial charge in [-0.2, -0.15) is 14.0 Å². The number of allylic oxidation sites excluding steroid dienone is 3. The number of hydroxylamine groups is 1. The van der Waals surface area contributed by atoms with Crippen LogP contribution in [0, 0.1) is 16.2 Å². The molecular weight excluding hydrogens is 348 g/mol. The van der Waals surface area contributed by atoms with Gasteiger partial charge in [-0.05, 0) is 25.5 Å². The Bertz CT molecular complexity index is 780. The van der Waals surface area contributed by atoms with Crippen LogP contribution in [0.25, 0.3) is 0 Å². The van der Waals surface area contributed by atoms with Crippen LogP contribution in [0.2, 0.25) is 0 Å². The summed E-state index contributed by atoms with van der Waals surface area (Å²) in [6.07, 6.45) is 3.64. The number of rotatable bonds is 4. The van der Waals surface area contributed by atoms with Gasteiger partial charge in [0.25, 0.3) is 0 Å². The second-order valence-corrected chi connectivity index (χ2v) is 6.97. The number of benzene rings is 1. The molecule has 25 heavy (non-hydrogen) atoms. The Morgan fingerprint density at radius 2 is 1.88 bits per heavy atom. The molecule has 0 bridgehead atoms. The van der Waals surface area contributed by atoms with Gasteiger partial charge in [0.2, 0.25) is 0 Å². The lowest BCUT2D eigenvalue weighted by Gasteiger charge is -2.29. The van der Waals surface area contributed by atoms with Gasteiger partial charge in [-0.3, -0.25) is 4.79 Å². The molecule has 1 aromatic carbocycles. The summed E-state index contributed by atoms with van der Waals surface area (Å²) in [7, 11) is -4.66. The molecule has 0 radical (unpaired) electrons. The lowest BCUT2D eigenvalue weighted by molar-refractivity contribution is -1.94. The van der Waals surface area contributed by atoms with Crippen LogP contribution >= 0.6 is 0 Å². The maximum atomic E-state index is 12.8. The first-order valence-corrected chi connectivity index (χ1v) is 8.96. The van der Waals surface area contributed by atoms with E-state index in [1.165, 1.54) is 0 Å². The number of carbonyl (C=O) groups is 1. The second kappa shape index (κ2) is 6.61. The van der Waals surface area contributed by atoms with Crippen LogP contribution in [0.15, 0.2) is 53.8 Å². The van der Waals surface area contributed by atoms with Crippen molar-refractivity contribution in [3.05, 3.63) is 59.3 Å². The molecule has 7 nitrogen and oxygen atoms in total. The molecular formula is C17H18ClN2O5+. The fourth-order valence-electron chi connectivity index (χ4n) is 3.10. The average molecular weight is 366 g/mol. The Morgan fingerprint density at radius 3 is 2.52 bits per heavy atom. The van der Waals surface area contributed by atoms with E-state index < -0.39 is 16.2 Å². The first-order chi connectivity index (χ1) is 11.7. The zero-order valence-corrected chi connectivity index (χ0v) is 14.6. The number of nitrogens with zero attached hydrogens (tertiary/aromatic N) is 2. The van der Waals surface area contributed by atoms with Gasteiger partial charge < -0.3 is 0 Å². The molecule has 1 aromatic rings. The van der Waals surface area contributed by atoms with Crippen molar-refractivity contribution in [2.24, 2.45) is 5.92 Å². The predicted octanol–water partition coefficient (Wildman–Crippen LogP) is -1.10. The highest BCUT2D eigenvalue weighted by molar-refractivity contribution is 5.99. The molecule has 0 saturated heterocycles. The molecule has 0 saturated carbocycles. The molecule has 0 aromatic heterocycles. The summed E-state index contributed by atoms with van der Waals surface area (Å²) in [6.45, 7) is 4.07. The van der Waals surface area contributed by atoms with E-state index in [9.17, 15) is 18.8 Å². The lowest BCUT2D eigenvalue weighted by atomic mass is 9.94. The summed E-state index contributed by atoms with van der Waals surface area (Å²) in [4.78, 5) is 14.6. The van der Waals surface area contributed by atoms with Crippen LogP contribution in [0.3, 0.4) is 0 Å². The SMILES string of the molecule is CC1=CC2=[N+](O[Cl+3]([O-])([O-])[O-])CC(C(=O)c3ccccc3)CN2C(C)=C1. The monoisotopic (exact) mass is 365 g/mol. The number of ketones is 1.